The molecule has 2 unspecified atom stereocenters. The molecule has 1 aromatic rings. The number of thioether (sulfide) groups is 1. The average Bonchev–Trinajstić information content (AvgIpc) is 2.70. The van der Waals surface area contributed by atoms with Gasteiger partial charge in [0.15, 0.2) is 0 Å². The van der Waals surface area contributed by atoms with E-state index in [0.717, 1.165) is 17.9 Å². The maximum atomic E-state index is 13.6. The predicted molar refractivity (Wildman–Crippen MR) is 69.8 cm³/mol. The van der Waals surface area contributed by atoms with Crippen molar-refractivity contribution in [1.82, 2.24) is 0 Å². The van der Waals surface area contributed by atoms with Crippen LogP contribution in [0.25, 0.3) is 0 Å². The maximum Gasteiger partial charge on any atom is 0.129 e. The third kappa shape index (κ3) is 2.73. The zero-order chi connectivity index (χ0) is 12.4. The fraction of sp³-hybridized carbons (Fsp3) is 0.462. The third-order valence-electron chi connectivity index (χ3n) is 3.03. The Balaban J connectivity index is 2.20. The second-order valence-electron chi connectivity index (χ2n) is 4.46. The molecule has 0 radical (unpaired) electrons. The number of rotatable bonds is 2. The molecule has 1 saturated heterocycles. The normalized spacial score (nSPS) is 23.4. The van der Waals surface area contributed by atoms with Gasteiger partial charge in [-0.05, 0) is 25.5 Å². The summed E-state index contributed by atoms with van der Waals surface area (Å²) in [5, 5.41) is 12.8. The van der Waals surface area contributed by atoms with Gasteiger partial charge in [-0.25, -0.2) is 4.39 Å². The first-order chi connectivity index (χ1) is 8.10. The van der Waals surface area contributed by atoms with E-state index in [-0.39, 0.29) is 5.82 Å². The molecule has 0 bridgehead atoms. The summed E-state index contributed by atoms with van der Waals surface area (Å²) in [5.74, 6) is 0.726. The maximum absolute atomic E-state index is 13.6. The van der Waals surface area contributed by atoms with Crippen LogP contribution in [0.3, 0.4) is 0 Å². The highest BCUT2D eigenvalue weighted by Gasteiger charge is 2.22. The fourth-order valence-electron chi connectivity index (χ4n) is 2.03. The average molecular weight is 250 g/mol. The number of hydrogen-bond acceptors (Lipinski definition) is 3. The Hall–Kier alpha value is -1.21. The molecule has 90 valence electrons. The quantitative estimate of drug-likeness (QED) is 0.874. The van der Waals surface area contributed by atoms with E-state index in [1.807, 2.05) is 17.8 Å². The van der Waals surface area contributed by atoms with Crippen LogP contribution < -0.4 is 5.32 Å². The Kier molecular flexibility index (Phi) is 3.58. The fourth-order valence-corrected chi connectivity index (χ4v) is 3.18. The zero-order valence-corrected chi connectivity index (χ0v) is 10.8. The van der Waals surface area contributed by atoms with E-state index in [0.29, 0.717) is 22.4 Å². The van der Waals surface area contributed by atoms with E-state index in [9.17, 15) is 4.39 Å². The molecule has 1 heterocycles. The van der Waals surface area contributed by atoms with Crippen molar-refractivity contribution in [2.75, 3.05) is 11.1 Å². The topological polar surface area (TPSA) is 35.8 Å². The lowest BCUT2D eigenvalue weighted by molar-refractivity contribution is 0.617. The Morgan fingerprint density at radius 2 is 2.29 bits per heavy atom. The molecule has 2 rings (SSSR count). The smallest absolute Gasteiger partial charge is 0.129 e. The summed E-state index contributed by atoms with van der Waals surface area (Å²) in [6, 6.07) is 5.37. The summed E-state index contributed by atoms with van der Waals surface area (Å²) in [5.41, 5.74) is 1.71. The molecular formula is C13H15FN2S. The monoisotopic (exact) mass is 250 g/mol. The summed E-state index contributed by atoms with van der Waals surface area (Å²) in [6.07, 6.45) is 1.09. The summed E-state index contributed by atoms with van der Waals surface area (Å²) in [6.45, 7) is 3.94. The molecule has 0 amide bonds. The predicted octanol–water partition coefficient (Wildman–Crippen LogP) is 3.31. The second kappa shape index (κ2) is 4.97. The van der Waals surface area contributed by atoms with Gasteiger partial charge in [-0.3, -0.25) is 0 Å². The molecule has 1 aromatic carbocycles. The highest BCUT2D eigenvalue weighted by molar-refractivity contribution is 8.00. The van der Waals surface area contributed by atoms with Gasteiger partial charge in [0.1, 0.15) is 5.82 Å². The number of anilines is 1. The molecule has 4 heteroatoms. The highest BCUT2D eigenvalue weighted by atomic mass is 32.2. The van der Waals surface area contributed by atoms with Crippen molar-refractivity contribution in [3.05, 3.63) is 29.1 Å². The largest absolute Gasteiger partial charge is 0.381 e. The van der Waals surface area contributed by atoms with Gasteiger partial charge in [-0.15, -0.1) is 0 Å². The minimum absolute atomic E-state index is 0.315. The molecule has 1 aliphatic rings. The first kappa shape index (κ1) is 12.3. The molecule has 2 nitrogen and oxygen atoms in total. The number of hydrogen-bond donors (Lipinski definition) is 1. The second-order valence-corrected chi connectivity index (χ2v) is 5.93. The molecule has 2 atom stereocenters. The molecule has 1 aliphatic heterocycles. The van der Waals surface area contributed by atoms with Crippen LogP contribution in [0.5, 0.6) is 0 Å². The van der Waals surface area contributed by atoms with Gasteiger partial charge in [0.05, 0.1) is 11.6 Å². The molecular weight excluding hydrogens is 235 g/mol. The minimum atomic E-state index is -0.315. The van der Waals surface area contributed by atoms with Crippen LogP contribution in [0.2, 0.25) is 0 Å². The van der Waals surface area contributed by atoms with Crippen molar-refractivity contribution < 1.29 is 4.39 Å². The summed E-state index contributed by atoms with van der Waals surface area (Å²) < 4.78 is 13.6. The molecule has 1 fully saturated rings. The van der Waals surface area contributed by atoms with Crippen LogP contribution >= 0.6 is 11.8 Å². The van der Waals surface area contributed by atoms with E-state index in [4.69, 9.17) is 5.26 Å². The number of nitriles is 1. The number of nitrogens with zero attached hydrogens (tertiary/aromatic N) is 1. The van der Waals surface area contributed by atoms with Gasteiger partial charge in [0.25, 0.3) is 0 Å². The van der Waals surface area contributed by atoms with E-state index in [1.165, 1.54) is 6.07 Å². The highest BCUT2D eigenvalue weighted by Crippen LogP contribution is 2.30. The van der Waals surface area contributed by atoms with Gasteiger partial charge < -0.3 is 5.32 Å². The minimum Gasteiger partial charge on any atom is -0.381 e. The molecule has 0 saturated carbocycles. The Bertz CT molecular complexity index is 467. The third-order valence-corrected chi connectivity index (χ3v) is 4.39. The van der Waals surface area contributed by atoms with Gasteiger partial charge in [0.2, 0.25) is 0 Å². The summed E-state index contributed by atoms with van der Waals surface area (Å²) in [7, 11) is 0. The first-order valence-electron chi connectivity index (χ1n) is 5.68. The summed E-state index contributed by atoms with van der Waals surface area (Å²) >= 11 is 1.92. The first-order valence-corrected chi connectivity index (χ1v) is 6.73. The van der Waals surface area contributed by atoms with E-state index in [2.05, 4.69) is 12.2 Å². The van der Waals surface area contributed by atoms with Gasteiger partial charge in [0, 0.05) is 28.3 Å². The summed E-state index contributed by atoms with van der Waals surface area (Å²) in [4.78, 5) is 0. The lowest BCUT2D eigenvalue weighted by Gasteiger charge is -2.16. The van der Waals surface area contributed by atoms with Gasteiger partial charge >= 0.3 is 0 Å². The SMILES string of the molecule is Cc1c(F)cc(C#N)cc1NC1CSC(C)C1. The van der Waals surface area contributed by atoms with Crippen molar-refractivity contribution in [3.63, 3.8) is 0 Å². The Labute approximate surface area is 105 Å². The Morgan fingerprint density at radius 1 is 1.53 bits per heavy atom. The van der Waals surface area contributed by atoms with Crippen LogP contribution in [0.4, 0.5) is 10.1 Å². The standard InChI is InChI=1S/C13H15FN2S/c1-8-3-11(7-17-8)16-13-5-10(6-15)4-12(14)9(13)2/h4-5,8,11,16H,3,7H2,1-2H3. The van der Waals surface area contributed by atoms with Crippen LogP contribution in [-0.4, -0.2) is 17.0 Å². The zero-order valence-electron chi connectivity index (χ0n) is 9.96. The van der Waals surface area contributed by atoms with E-state index >= 15 is 0 Å². The van der Waals surface area contributed by atoms with Crippen LogP contribution in [0, 0.1) is 24.1 Å². The van der Waals surface area contributed by atoms with Crippen molar-refractivity contribution in [2.45, 2.75) is 31.6 Å². The van der Waals surface area contributed by atoms with Crippen molar-refractivity contribution >= 4 is 17.4 Å². The van der Waals surface area contributed by atoms with Crippen LogP contribution in [0.15, 0.2) is 12.1 Å². The molecule has 1 N–H and O–H groups in total. The van der Waals surface area contributed by atoms with E-state index < -0.39 is 0 Å². The number of halogens is 1. The molecule has 0 aromatic heterocycles. The van der Waals surface area contributed by atoms with E-state index in [1.54, 1.807) is 13.0 Å². The van der Waals surface area contributed by atoms with Crippen LogP contribution in [0.1, 0.15) is 24.5 Å². The van der Waals surface area contributed by atoms with Gasteiger partial charge in [-0.2, -0.15) is 17.0 Å². The number of benzene rings is 1. The lowest BCUT2D eigenvalue weighted by atomic mass is 10.1. The van der Waals surface area contributed by atoms with Crippen molar-refractivity contribution in [3.8, 4) is 6.07 Å². The molecule has 17 heavy (non-hydrogen) atoms. The van der Waals surface area contributed by atoms with Crippen LogP contribution in [-0.2, 0) is 0 Å². The van der Waals surface area contributed by atoms with Gasteiger partial charge in [-0.1, -0.05) is 6.92 Å². The Morgan fingerprint density at radius 3 is 2.88 bits per heavy atom. The molecule has 0 spiro atoms. The molecule has 0 aliphatic carbocycles. The lowest BCUT2D eigenvalue weighted by Crippen LogP contribution is -2.19. The van der Waals surface area contributed by atoms with Crippen molar-refractivity contribution in [1.29, 1.82) is 5.26 Å². The van der Waals surface area contributed by atoms with Crippen molar-refractivity contribution in [2.24, 2.45) is 0 Å². The number of nitrogens with one attached hydrogen (secondary N) is 1.